The van der Waals surface area contributed by atoms with Gasteiger partial charge in [-0.25, -0.2) is 4.79 Å². The second kappa shape index (κ2) is 15.2. The number of hydrogen-bond donors (Lipinski definition) is 4. The number of ether oxygens (including phenoxy) is 2. The van der Waals surface area contributed by atoms with Crippen LogP contribution in [0, 0.1) is 5.92 Å². The van der Waals surface area contributed by atoms with Crippen LogP contribution in [0.25, 0.3) is 0 Å². The maximum Gasteiger partial charge on any atom is 0.416 e. The van der Waals surface area contributed by atoms with Crippen LogP contribution in [-0.2, 0) is 10.9 Å². The lowest BCUT2D eigenvalue weighted by molar-refractivity contribution is -0.137. The topological polar surface area (TPSA) is 112 Å². The summed E-state index contributed by atoms with van der Waals surface area (Å²) in [4.78, 5) is 28.3. The van der Waals surface area contributed by atoms with Crippen LogP contribution in [0.4, 0.5) is 29.3 Å². The van der Waals surface area contributed by atoms with E-state index < -0.39 is 23.8 Å². The highest BCUT2D eigenvalue weighted by molar-refractivity contribution is 6.02. The van der Waals surface area contributed by atoms with Gasteiger partial charge >= 0.3 is 12.2 Å². The van der Waals surface area contributed by atoms with Crippen molar-refractivity contribution in [3.05, 3.63) is 53.6 Å². The van der Waals surface area contributed by atoms with Gasteiger partial charge in [-0.15, -0.1) is 0 Å². The average molecular weight is 595 g/mol. The van der Waals surface area contributed by atoms with Crippen LogP contribution in [-0.4, -0.2) is 73.5 Å². The van der Waals surface area contributed by atoms with E-state index in [0.717, 1.165) is 43.5 Å². The van der Waals surface area contributed by atoms with E-state index in [0.29, 0.717) is 25.4 Å². The fraction of sp³-hybridized carbons (Fsp3) is 0.533. The Labute approximate surface area is 244 Å². The van der Waals surface area contributed by atoms with Gasteiger partial charge in [0.05, 0.1) is 36.0 Å². The molecule has 0 bridgehead atoms. The maximum atomic E-state index is 14.0. The van der Waals surface area contributed by atoms with E-state index in [1.807, 2.05) is 20.9 Å². The van der Waals surface area contributed by atoms with Gasteiger partial charge in [0.2, 0.25) is 0 Å². The van der Waals surface area contributed by atoms with Crippen LogP contribution in [0.5, 0.6) is 5.75 Å². The summed E-state index contributed by atoms with van der Waals surface area (Å²) in [6, 6.07) is 7.58. The number of likely N-dealkylation sites (N-methyl/N-ethyl adjacent to an activating group) is 1. The maximum absolute atomic E-state index is 14.0. The number of nitrogens with zero attached hydrogens (tertiary/aromatic N) is 1. The number of urea groups is 1. The molecule has 0 radical (unpaired) electrons. The Balaban J connectivity index is 1.89. The first-order valence-corrected chi connectivity index (χ1v) is 14.2. The molecule has 0 unspecified atom stereocenters. The van der Waals surface area contributed by atoms with Gasteiger partial charge in [-0.3, -0.25) is 4.79 Å². The molecule has 232 valence electrons. The average Bonchev–Trinajstić information content (AvgIpc) is 2.94. The summed E-state index contributed by atoms with van der Waals surface area (Å²) in [5.41, 5.74) is -0.163. The Hall–Kier alpha value is -3.35. The lowest BCUT2D eigenvalue weighted by atomic mass is 10.0. The van der Waals surface area contributed by atoms with Gasteiger partial charge in [-0.1, -0.05) is 6.92 Å². The first-order valence-electron chi connectivity index (χ1n) is 14.2. The van der Waals surface area contributed by atoms with E-state index in [2.05, 4.69) is 16.0 Å². The van der Waals surface area contributed by atoms with Gasteiger partial charge < -0.3 is 35.4 Å². The van der Waals surface area contributed by atoms with Crippen molar-refractivity contribution in [1.29, 1.82) is 0 Å². The molecule has 1 aliphatic heterocycles. The third-order valence-corrected chi connectivity index (χ3v) is 7.18. The molecule has 3 rings (SSSR count). The SMILES string of the molecule is CNC[C@@H]1OCCCC[C@H](C)Oc2ccc(NC(=O)Nc3ccc(C(F)(F)F)cc3)cc2C(=O)N([C@H](C)CO)C[C@H]1C. The summed E-state index contributed by atoms with van der Waals surface area (Å²) in [5.74, 6) is -0.0841. The molecule has 42 heavy (non-hydrogen) atoms. The zero-order valence-corrected chi connectivity index (χ0v) is 24.5. The second-order valence-corrected chi connectivity index (χ2v) is 10.7. The van der Waals surface area contributed by atoms with Gasteiger partial charge in [-0.2, -0.15) is 13.2 Å². The zero-order chi connectivity index (χ0) is 30.9. The highest BCUT2D eigenvalue weighted by Crippen LogP contribution is 2.31. The Morgan fingerprint density at radius 1 is 1.10 bits per heavy atom. The molecule has 1 aliphatic rings. The number of halogens is 3. The first kappa shape index (κ1) is 33.2. The second-order valence-electron chi connectivity index (χ2n) is 10.7. The molecule has 0 saturated carbocycles. The highest BCUT2D eigenvalue weighted by atomic mass is 19.4. The van der Waals surface area contributed by atoms with E-state index in [1.165, 1.54) is 6.07 Å². The van der Waals surface area contributed by atoms with Crippen molar-refractivity contribution in [2.24, 2.45) is 5.92 Å². The Morgan fingerprint density at radius 2 is 1.76 bits per heavy atom. The summed E-state index contributed by atoms with van der Waals surface area (Å²) in [5, 5.41) is 18.3. The molecule has 1 heterocycles. The van der Waals surface area contributed by atoms with Crippen LogP contribution in [0.15, 0.2) is 42.5 Å². The van der Waals surface area contributed by atoms with Gasteiger partial charge in [0.25, 0.3) is 5.91 Å². The summed E-state index contributed by atoms with van der Waals surface area (Å²) in [6.45, 7) is 6.93. The van der Waals surface area contributed by atoms with E-state index in [9.17, 15) is 27.9 Å². The molecular formula is C30H41F3N4O5. The van der Waals surface area contributed by atoms with Gasteiger partial charge in [0.1, 0.15) is 5.75 Å². The van der Waals surface area contributed by atoms with E-state index in [1.54, 1.807) is 24.0 Å². The minimum Gasteiger partial charge on any atom is -0.490 e. The molecule has 4 N–H and O–H groups in total. The molecule has 12 heteroatoms. The van der Waals surface area contributed by atoms with Crippen molar-refractivity contribution in [2.45, 2.75) is 64.5 Å². The Kier molecular flexibility index (Phi) is 12.0. The molecule has 2 aromatic rings. The number of benzene rings is 2. The fourth-order valence-electron chi connectivity index (χ4n) is 4.73. The number of fused-ring (bicyclic) bond motifs is 1. The standard InChI is InChI=1S/C30H41F3N4O5/c1-19-17-37(20(2)18-38)28(39)25-15-24(36-29(40)35-23-10-8-22(9-11-23)30(31,32)33)12-13-26(25)42-21(3)7-5-6-14-41-27(19)16-34-4/h8-13,15,19-21,27,34,38H,5-7,14,16-18H2,1-4H3,(H2,35,36,40)/t19-,20-,21+,27+/m1/s1. The lowest BCUT2D eigenvalue weighted by Gasteiger charge is -2.34. The van der Waals surface area contributed by atoms with Crippen LogP contribution in [0.2, 0.25) is 0 Å². The molecule has 9 nitrogen and oxygen atoms in total. The molecule has 4 atom stereocenters. The quantitative estimate of drug-likeness (QED) is 0.358. The smallest absolute Gasteiger partial charge is 0.416 e. The summed E-state index contributed by atoms with van der Waals surface area (Å²) in [6.07, 6.45) is -2.34. The molecule has 2 aromatic carbocycles. The van der Waals surface area contributed by atoms with Crippen molar-refractivity contribution in [3.8, 4) is 5.75 Å². The number of aliphatic hydroxyl groups is 1. The molecule has 3 amide bonds. The number of amides is 3. The van der Waals surface area contributed by atoms with Gasteiger partial charge in [0, 0.05) is 37.0 Å². The van der Waals surface area contributed by atoms with Crippen molar-refractivity contribution >= 4 is 23.3 Å². The molecule has 0 aliphatic carbocycles. The molecule has 0 spiro atoms. The number of alkyl halides is 3. The highest BCUT2D eigenvalue weighted by Gasteiger charge is 2.31. The third kappa shape index (κ3) is 9.33. The van der Waals surface area contributed by atoms with Gasteiger partial charge in [0.15, 0.2) is 0 Å². The van der Waals surface area contributed by atoms with E-state index in [4.69, 9.17) is 9.47 Å². The number of carbonyl (C=O) groups is 2. The summed E-state index contributed by atoms with van der Waals surface area (Å²) >= 11 is 0. The monoisotopic (exact) mass is 594 g/mol. The number of anilines is 2. The van der Waals surface area contributed by atoms with E-state index in [-0.39, 0.29) is 47.6 Å². The Morgan fingerprint density at radius 3 is 2.40 bits per heavy atom. The van der Waals surface area contributed by atoms with Crippen molar-refractivity contribution in [3.63, 3.8) is 0 Å². The van der Waals surface area contributed by atoms with Crippen LogP contribution < -0.4 is 20.7 Å². The minimum atomic E-state index is -4.48. The first-order chi connectivity index (χ1) is 19.9. The lowest BCUT2D eigenvalue weighted by Crippen LogP contribution is -2.47. The normalized spacial score (nSPS) is 21.5. The molecule has 0 fully saturated rings. The Bertz CT molecular complexity index is 1180. The predicted molar refractivity (Wildman–Crippen MR) is 155 cm³/mol. The zero-order valence-electron chi connectivity index (χ0n) is 24.5. The number of carbonyl (C=O) groups excluding carboxylic acids is 2. The molecular weight excluding hydrogens is 553 g/mol. The summed E-state index contributed by atoms with van der Waals surface area (Å²) < 4.78 is 50.9. The predicted octanol–water partition coefficient (Wildman–Crippen LogP) is 5.36. The van der Waals surface area contributed by atoms with Crippen molar-refractivity contribution in [1.82, 2.24) is 10.2 Å². The summed E-state index contributed by atoms with van der Waals surface area (Å²) in [7, 11) is 1.85. The fourth-order valence-corrected chi connectivity index (χ4v) is 4.73. The van der Waals surface area contributed by atoms with Crippen LogP contribution in [0.1, 0.15) is 56.0 Å². The third-order valence-electron chi connectivity index (χ3n) is 7.18. The molecule has 0 aromatic heterocycles. The number of hydrogen-bond acceptors (Lipinski definition) is 6. The number of aliphatic hydroxyl groups excluding tert-OH is 1. The number of rotatable bonds is 6. The van der Waals surface area contributed by atoms with Crippen molar-refractivity contribution in [2.75, 3.05) is 44.0 Å². The van der Waals surface area contributed by atoms with Crippen LogP contribution in [0.3, 0.4) is 0 Å². The van der Waals surface area contributed by atoms with E-state index >= 15 is 0 Å². The van der Waals surface area contributed by atoms with Gasteiger partial charge in [-0.05, 0) is 82.6 Å². The minimum absolute atomic E-state index is 0.0579. The van der Waals surface area contributed by atoms with Crippen molar-refractivity contribution < 1.29 is 37.3 Å². The molecule has 0 saturated heterocycles. The number of nitrogens with one attached hydrogen (secondary N) is 3. The largest absolute Gasteiger partial charge is 0.490 e. The van der Waals surface area contributed by atoms with Crippen LogP contribution >= 0.6 is 0 Å².